The van der Waals surface area contributed by atoms with Crippen molar-refractivity contribution in [3.63, 3.8) is 0 Å². The van der Waals surface area contributed by atoms with Crippen LogP contribution in [0.5, 0.6) is 0 Å². The summed E-state index contributed by atoms with van der Waals surface area (Å²) in [6.07, 6.45) is 0.679. The lowest BCUT2D eigenvalue weighted by Crippen LogP contribution is -2.26. The Bertz CT molecular complexity index is 906. The van der Waals surface area contributed by atoms with Crippen LogP contribution in [0.25, 0.3) is 11.3 Å². The predicted octanol–water partition coefficient (Wildman–Crippen LogP) is 4.93. The van der Waals surface area contributed by atoms with Crippen LogP contribution in [-0.4, -0.2) is 17.6 Å². The van der Waals surface area contributed by atoms with Crippen molar-refractivity contribution in [2.45, 2.75) is 13.3 Å². The SMILES string of the molecule is Cc1noc(-c2ccccc2Cl)c1C(=O)NCCc1cccc(Cl)c1. The maximum absolute atomic E-state index is 12.6. The number of amides is 1. The summed E-state index contributed by atoms with van der Waals surface area (Å²) in [6.45, 7) is 2.21. The lowest BCUT2D eigenvalue weighted by molar-refractivity contribution is 0.0954. The molecule has 1 heterocycles. The monoisotopic (exact) mass is 374 g/mol. The minimum Gasteiger partial charge on any atom is -0.355 e. The van der Waals surface area contributed by atoms with Crippen LogP contribution in [-0.2, 0) is 6.42 Å². The van der Waals surface area contributed by atoms with E-state index in [0.29, 0.717) is 45.6 Å². The fourth-order valence-electron chi connectivity index (χ4n) is 2.57. The van der Waals surface area contributed by atoms with Crippen LogP contribution in [0.15, 0.2) is 53.1 Å². The summed E-state index contributed by atoms with van der Waals surface area (Å²) in [5, 5.41) is 8.01. The third-order valence-electron chi connectivity index (χ3n) is 3.80. The van der Waals surface area contributed by atoms with E-state index in [1.54, 1.807) is 19.1 Å². The summed E-state index contributed by atoms with van der Waals surface area (Å²) in [5.41, 5.74) is 2.63. The number of rotatable bonds is 5. The van der Waals surface area contributed by atoms with Gasteiger partial charge in [0.15, 0.2) is 5.76 Å². The molecule has 0 saturated carbocycles. The Morgan fingerprint density at radius 3 is 2.72 bits per heavy atom. The summed E-state index contributed by atoms with van der Waals surface area (Å²) < 4.78 is 5.35. The summed E-state index contributed by atoms with van der Waals surface area (Å²) in [6, 6.07) is 14.8. The van der Waals surface area contributed by atoms with Crippen LogP contribution in [0.2, 0.25) is 10.0 Å². The number of halogens is 2. The number of nitrogens with zero attached hydrogens (tertiary/aromatic N) is 1. The Kier molecular flexibility index (Phi) is 5.41. The number of nitrogens with one attached hydrogen (secondary N) is 1. The quantitative estimate of drug-likeness (QED) is 0.688. The zero-order chi connectivity index (χ0) is 17.8. The van der Waals surface area contributed by atoms with E-state index in [-0.39, 0.29) is 5.91 Å². The molecule has 4 nitrogen and oxygen atoms in total. The molecule has 6 heteroatoms. The Morgan fingerprint density at radius 1 is 1.16 bits per heavy atom. The maximum Gasteiger partial charge on any atom is 0.257 e. The van der Waals surface area contributed by atoms with Crippen LogP contribution in [0.1, 0.15) is 21.6 Å². The minimum atomic E-state index is -0.240. The number of aromatic nitrogens is 1. The molecule has 0 unspecified atom stereocenters. The second-order valence-corrected chi connectivity index (χ2v) is 6.43. The molecule has 0 bridgehead atoms. The van der Waals surface area contributed by atoms with E-state index < -0.39 is 0 Å². The van der Waals surface area contributed by atoms with E-state index >= 15 is 0 Å². The molecule has 1 N–H and O–H groups in total. The van der Waals surface area contributed by atoms with Gasteiger partial charge in [-0.05, 0) is 43.2 Å². The van der Waals surface area contributed by atoms with Crippen molar-refractivity contribution >= 4 is 29.1 Å². The minimum absolute atomic E-state index is 0.240. The van der Waals surface area contributed by atoms with Crippen molar-refractivity contribution < 1.29 is 9.32 Å². The molecule has 0 aliphatic rings. The van der Waals surface area contributed by atoms with E-state index in [1.165, 1.54) is 0 Å². The van der Waals surface area contributed by atoms with Gasteiger partial charge in [-0.3, -0.25) is 4.79 Å². The molecular weight excluding hydrogens is 359 g/mol. The van der Waals surface area contributed by atoms with Gasteiger partial charge in [0.1, 0.15) is 5.56 Å². The second kappa shape index (κ2) is 7.72. The van der Waals surface area contributed by atoms with Crippen molar-refractivity contribution in [3.05, 3.63) is 75.4 Å². The number of carbonyl (C=O) groups excluding carboxylic acids is 1. The van der Waals surface area contributed by atoms with Gasteiger partial charge in [-0.15, -0.1) is 0 Å². The standard InChI is InChI=1S/C19H16Cl2N2O2/c1-12-17(18(25-23-12)15-7-2-3-8-16(15)21)19(24)22-10-9-13-5-4-6-14(20)11-13/h2-8,11H,9-10H2,1H3,(H,22,24). The summed E-state index contributed by atoms with van der Waals surface area (Å²) in [7, 11) is 0. The highest BCUT2D eigenvalue weighted by Gasteiger charge is 2.22. The van der Waals surface area contributed by atoms with Gasteiger partial charge in [-0.1, -0.05) is 52.6 Å². The Hall–Kier alpha value is -2.30. The fraction of sp³-hybridized carbons (Fsp3) is 0.158. The van der Waals surface area contributed by atoms with E-state index in [2.05, 4.69) is 10.5 Å². The van der Waals surface area contributed by atoms with Crippen LogP contribution in [0.4, 0.5) is 0 Å². The maximum atomic E-state index is 12.6. The van der Waals surface area contributed by atoms with Gasteiger partial charge < -0.3 is 9.84 Å². The van der Waals surface area contributed by atoms with Crippen LogP contribution < -0.4 is 5.32 Å². The van der Waals surface area contributed by atoms with Crippen molar-refractivity contribution in [1.29, 1.82) is 0 Å². The second-order valence-electron chi connectivity index (χ2n) is 5.59. The first-order valence-corrected chi connectivity index (χ1v) is 8.55. The highest BCUT2D eigenvalue weighted by atomic mass is 35.5. The normalized spacial score (nSPS) is 10.7. The van der Waals surface area contributed by atoms with Gasteiger partial charge in [0.05, 0.1) is 10.7 Å². The Balaban J connectivity index is 1.75. The van der Waals surface area contributed by atoms with Gasteiger partial charge in [0.2, 0.25) is 0 Å². The molecule has 0 aliphatic carbocycles. The van der Waals surface area contributed by atoms with Crippen LogP contribution >= 0.6 is 23.2 Å². The molecule has 3 rings (SSSR count). The summed E-state index contributed by atoms with van der Waals surface area (Å²) >= 11 is 12.2. The molecule has 25 heavy (non-hydrogen) atoms. The zero-order valence-electron chi connectivity index (χ0n) is 13.6. The molecule has 0 atom stereocenters. The Morgan fingerprint density at radius 2 is 1.96 bits per heavy atom. The van der Waals surface area contributed by atoms with E-state index in [1.807, 2.05) is 36.4 Å². The first-order valence-electron chi connectivity index (χ1n) is 7.80. The van der Waals surface area contributed by atoms with E-state index in [9.17, 15) is 4.79 Å². The number of hydrogen-bond donors (Lipinski definition) is 1. The molecular formula is C19H16Cl2N2O2. The van der Waals surface area contributed by atoms with Crippen molar-refractivity contribution in [3.8, 4) is 11.3 Å². The average molecular weight is 375 g/mol. The molecule has 128 valence electrons. The van der Waals surface area contributed by atoms with Crippen LogP contribution in [0.3, 0.4) is 0 Å². The highest BCUT2D eigenvalue weighted by molar-refractivity contribution is 6.33. The van der Waals surface area contributed by atoms with Gasteiger partial charge in [0.25, 0.3) is 5.91 Å². The van der Waals surface area contributed by atoms with Gasteiger partial charge in [-0.25, -0.2) is 0 Å². The third-order valence-corrected chi connectivity index (χ3v) is 4.36. The molecule has 0 aliphatic heterocycles. The largest absolute Gasteiger partial charge is 0.355 e. The van der Waals surface area contributed by atoms with Gasteiger partial charge >= 0.3 is 0 Å². The lowest BCUT2D eigenvalue weighted by Gasteiger charge is -2.07. The number of carbonyl (C=O) groups is 1. The predicted molar refractivity (Wildman–Crippen MR) is 99.2 cm³/mol. The fourth-order valence-corrected chi connectivity index (χ4v) is 3.00. The summed E-state index contributed by atoms with van der Waals surface area (Å²) in [5.74, 6) is 0.138. The molecule has 0 radical (unpaired) electrons. The molecule has 2 aromatic carbocycles. The van der Waals surface area contributed by atoms with E-state index in [4.69, 9.17) is 27.7 Å². The average Bonchev–Trinajstić information content (AvgIpc) is 2.97. The molecule has 3 aromatic rings. The number of hydrogen-bond acceptors (Lipinski definition) is 3. The number of benzene rings is 2. The third kappa shape index (κ3) is 4.03. The van der Waals surface area contributed by atoms with Gasteiger partial charge in [0, 0.05) is 17.1 Å². The lowest BCUT2D eigenvalue weighted by atomic mass is 10.1. The van der Waals surface area contributed by atoms with E-state index in [0.717, 1.165) is 5.56 Å². The number of aryl methyl sites for hydroxylation is 1. The van der Waals surface area contributed by atoms with Crippen molar-refractivity contribution in [2.24, 2.45) is 0 Å². The molecule has 1 amide bonds. The van der Waals surface area contributed by atoms with Crippen molar-refractivity contribution in [1.82, 2.24) is 10.5 Å². The molecule has 0 saturated heterocycles. The Labute approximate surface area is 155 Å². The van der Waals surface area contributed by atoms with Crippen molar-refractivity contribution in [2.75, 3.05) is 6.54 Å². The zero-order valence-corrected chi connectivity index (χ0v) is 15.1. The highest BCUT2D eigenvalue weighted by Crippen LogP contribution is 2.31. The van der Waals surface area contributed by atoms with Crippen LogP contribution in [0, 0.1) is 6.92 Å². The molecule has 0 spiro atoms. The smallest absolute Gasteiger partial charge is 0.257 e. The topological polar surface area (TPSA) is 55.1 Å². The first-order chi connectivity index (χ1) is 12.1. The van der Waals surface area contributed by atoms with Gasteiger partial charge in [-0.2, -0.15) is 0 Å². The molecule has 1 aromatic heterocycles. The summed E-state index contributed by atoms with van der Waals surface area (Å²) in [4.78, 5) is 12.6. The molecule has 0 fully saturated rings. The first kappa shape index (κ1) is 17.5.